The van der Waals surface area contributed by atoms with Gasteiger partial charge >= 0.3 is 0 Å². The molecule has 2 aromatic rings. The molecule has 0 saturated carbocycles. The Bertz CT molecular complexity index is 622. The van der Waals surface area contributed by atoms with Crippen LogP contribution in [0.4, 0.5) is 0 Å². The Kier molecular flexibility index (Phi) is 4.31. The Balaban J connectivity index is 2.39. The first-order valence-electron chi connectivity index (χ1n) is 7.60. The molecule has 0 amide bonds. The van der Waals surface area contributed by atoms with Crippen LogP contribution in [0.2, 0.25) is 0 Å². The quantitative estimate of drug-likeness (QED) is 0.614. The average molecular weight is 298 g/mol. The molecule has 1 unspecified atom stereocenters. The lowest BCUT2D eigenvalue weighted by Gasteiger charge is -2.21. The summed E-state index contributed by atoms with van der Waals surface area (Å²) in [6.45, 7) is 13.5. The highest BCUT2D eigenvalue weighted by molar-refractivity contribution is 7.28. The number of rotatable bonds is 1. The van der Waals surface area contributed by atoms with Gasteiger partial charge in [0.15, 0.2) is 0 Å². The average Bonchev–Trinajstić information content (AvgIpc) is 2.36. The zero-order valence-corrected chi connectivity index (χ0v) is 15.3. The van der Waals surface area contributed by atoms with Crippen LogP contribution in [-0.4, -0.2) is 0 Å². The van der Waals surface area contributed by atoms with E-state index in [1.165, 1.54) is 27.6 Å². The fourth-order valence-corrected chi connectivity index (χ4v) is 2.88. The van der Waals surface area contributed by atoms with E-state index in [-0.39, 0.29) is 10.8 Å². The van der Waals surface area contributed by atoms with E-state index in [1.807, 2.05) is 0 Å². The van der Waals surface area contributed by atoms with E-state index in [0.29, 0.717) is 0 Å². The van der Waals surface area contributed by atoms with Gasteiger partial charge in [-0.25, -0.2) is 0 Å². The molecule has 0 heterocycles. The van der Waals surface area contributed by atoms with Gasteiger partial charge in [-0.05, 0) is 38.4 Å². The molecule has 0 nitrogen and oxygen atoms in total. The summed E-state index contributed by atoms with van der Waals surface area (Å²) in [6.07, 6.45) is 0. The van der Waals surface area contributed by atoms with Crippen molar-refractivity contribution in [3.05, 3.63) is 53.6 Å². The number of hydrogen-bond donors (Lipinski definition) is 0. The molecule has 2 rings (SSSR count). The van der Waals surface area contributed by atoms with E-state index < -0.39 is 0 Å². The molecule has 0 N–H and O–H groups in total. The topological polar surface area (TPSA) is 0 Å². The van der Waals surface area contributed by atoms with Crippen LogP contribution in [0.1, 0.15) is 52.7 Å². The lowest BCUT2D eigenvalue weighted by Crippen LogP contribution is -2.14. The molecule has 0 aliphatic rings. The van der Waals surface area contributed by atoms with Crippen molar-refractivity contribution in [2.75, 3.05) is 0 Å². The predicted octanol–water partition coefficient (Wildman–Crippen LogP) is 5.45. The van der Waals surface area contributed by atoms with Crippen LogP contribution in [0, 0.1) is 0 Å². The SMILES string of the molecule is CC(C)(C)c1ccc(-c2ccc(C(C)(C)C)cc2P)cc1. The van der Waals surface area contributed by atoms with Crippen molar-refractivity contribution in [2.24, 2.45) is 0 Å². The van der Waals surface area contributed by atoms with Crippen molar-refractivity contribution in [1.82, 2.24) is 0 Å². The van der Waals surface area contributed by atoms with Crippen molar-refractivity contribution in [3.8, 4) is 11.1 Å². The lowest BCUT2D eigenvalue weighted by atomic mass is 9.85. The molecule has 0 radical (unpaired) electrons. The van der Waals surface area contributed by atoms with E-state index in [2.05, 4.69) is 93.2 Å². The highest BCUT2D eigenvalue weighted by Gasteiger charge is 2.16. The maximum atomic E-state index is 2.89. The third kappa shape index (κ3) is 3.74. The van der Waals surface area contributed by atoms with Gasteiger partial charge in [-0.2, -0.15) is 0 Å². The molecule has 1 heteroatoms. The van der Waals surface area contributed by atoms with Crippen LogP contribution in [-0.2, 0) is 10.8 Å². The van der Waals surface area contributed by atoms with Crippen molar-refractivity contribution in [1.29, 1.82) is 0 Å². The zero-order valence-electron chi connectivity index (χ0n) is 14.1. The summed E-state index contributed by atoms with van der Waals surface area (Å²) >= 11 is 0. The van der Waals surface area contributed by atoms with Crippen LogP contribution < -0.4 is 5.30 Å². The predicted molar refractivity (Wildman–Crippen MR) is 98.6 cm³/mol. The molecule has 0 fully saturated rings. The summed E-state index contributed by atoms with van der Waals surface area (Å²) in [7, 11) is 2.89. The number of benzene rings is 2. The van der Waals surface area contributed by atoms with E-state index in [9.17, 15) is 0 Å². The van der Waals surface area contributed by atoms with Gasteiger partial charge in [-0.1, -0.05) is 84.0 Å². The summed E-state index contributed by atoms with van der Waals surface area (Å²) < 4.78 is 0. The molecule has 0 bridgehead atoms. The first-order chi connectivity index (χ1) is 9.59. The minimum atomic E-state index is 0.194. The molecule has 0 spiro atoms. The second-order valence-corrected chi connectivity index (χ2v) is 8.50. The van der Waals surface area contributed by atoms with Crippen molar-refractivity contribution in [3.63, 3.8) is 0 Å². The molecule has 0 aliphatic carbocycles. The third-order valence-electron chi connectivity index (χ3n) is 3.98. The molecular formula is C20H27P. The van der Waals surface area contributed by atoms with E-state index in [1.54, 1.807) is 0 Å². The second kappa shape index (κ2) is 5.58. The van der Waals surface area contributed by atoms with E-state index >= 15 is 0 Å². The molecule has 21 heavy (non-hydrogen) atoms. The summed E-state index contributed by atoms with van der Waals surface area (Å²) in [6, 6.07) is 15.8. The van der Waals surface area contributed by atoms with Gasteiger partial charge in [-0.3, -0.25) is 0 Å². The lowest BCUT2D eigenvalue weighted by molar-refractivity contribution is 0.590. The van der Waals surface area contributed by atoms with Crippen molar-refractivity contribution < 1.29 is 0 Å². The van der Waals surface area contributed by atoms with Crippen molar-refractivity contribution >= 4 is 14.5 Å². The first-order valence-corrected chi connectivity index (χ1v) is 8.18. The van der Waals surface area contributed by atoms with Gasteiger partial charge in [-0.15, -0.1) is 9.24 Å². The van der Waals surface area contributed by atoms with Crippen LogP contribution in [0.3, 0.4) is 0 Å². The fraction of sp³-hybridized carbons (Fsp3) is 0.400. The normalized spacial score (nSPS) is 12.5. The Morgan fingerprint density at radius 3 is 1.57 bits per heavy atom. The molecule has 0 saturated heterocycles. The molecule has 0 aliphatic heterocycles. The van der Waals surface area contributed by atoms with Crippen LogP contribution >= 0.6 is 9.24 Å². The first kappa shape index (κ1) is 16.2. The summed E-state index contributed by atoms with van der Waals surface area (Å²) in [5.41, 5.74) is 5.74. The minimum absolute atomic E-state index is 0.194. The zero-order chi connectivity index (χ0) is 15.8. The Labute approximate surface area is 132 Å². The molecule has 112 valence electrons. The fourth-order valence-electron chi connectivity index (χ4n) is 2.44. The van der Waals surface area contributed by atoms with Gasteiger partial charge in [0, 0.05) is 0 Å². The minimum Gasteiger partial charge on any atom is -0.105 e. The van der Waals surface area contributed by atoms with Gasteiger partial charge in [0.1, 0.15) is 0 Å². The monoisotopic (exact) mass is 298 g/mol. The smallest absolute Gasteiger partial charge is 0.0112 e. The Morgan fingerprint density at radius 1 is 0.667 bits per heavy atom. The van der Waals surface area contributed by atoms with Crippen LogP contribution in [0.25, 0.3) is 11.1 Å². The van der Waals surface area contributed by atoms with Gasteiger partial charge < -0.3 is 0 Å². The molecular weight excluding hydrogens is 271 g/mol. The highest BCUT2D eigenvalue weighted by Crippen LogP contribution is 2.28. The second-order valence-electron chi connectivity index (χ2n) is 7.88. The highest BCUT2D eigenvalue weighted by atomic mass is 31.0. The Hall–Kier alpha value is -1.13. The van der Waals surface area contributed by atoms with Gasteiger partial charge in [0.25, 0.3) is 0 Å². The maximum Gasteiger partial charge on any atom is -0.0112 e. The summed E-state index contributed by atoms with van der Waals surface area (Å²) in [5, 5.41) is 1.27. The standard InChI is InChI=1S/C20H27P/c1-19(2,3)15-9-7-14(8-10-15)17-12-11-16(13-18(17)21)20(4,5)6/h7-13H,21H2,1-6H3. The summed E-state index contributed by atoms with van der Waals surface area (Å²) in [5.74, 6) is 0. The maximum absolute atomic E-state index is 2.89. The van der Waals surface area contributed by atoms with Crippen LogP contribution in [0.15, 0.2) is 42.5 Å². The Morgan fingerprint density at radius 2 is 1.14 bits per heavy atom. The molecule has 1 atom stereocenters. The largest absolute Gasteiger partial charge is 0.105 e. The van der Waals surface area contributed by atoms with E-state index in [0.717, 1.165) is 0 Å². The van der Waals surface area contributed by atoms with Gasteiger partial charge in [0.2, 0.25) is 0 Å². The summed E-state index contributed by atoms with van der Waals surface area (Å²) in [4.78, 5) is 0. The molecule has 2 aromatic carbocycles. The van der Waals surface area contributed by atoms with Gasteiger partial charge in [0.05, 0.1) is 0 Å². The number of hydrogen-bond acceptors (Lipinski definition) is 0. The van der Waals surface area contributed by atoms with Crippen LogP contribution in [0.5, 0.6) is 0 Å². The van der Waals surface area contributed by atoms with Crippen molar-refractivity contribution in [2.45, 2.75) is 52.4 Å². The third-order valence-corrected chi connectivity index (χ3v) is 4.46. The molecule has 0 aromatic heterocycles. The van der Waals surface area contributed by atoms with E-state index in [4.69, 9.17) is 0 Å².